The molecule has 0 spiro atoms. The quantitative estimate of drug-likeness (QED) is 0.586. The number of nitro groups is 1. The van der Waals surface area contributed by atoms with E-state index in [-0.39, 0.29) is 35.6 Å². The van der Waals surface area contributed by atoms with E-state index in [1.807, 2.05) is 4.90 Å². The molecule has 10 heteroatoms. The minimum Gasteiger partial charge on any atom is -0.407 e. The number of likely N-dealkylation sites (tertiary alicyclic amines) is 1. The predicted molar refractivity (Wildman–Crippen MR) is 102 cm³/mol. The zero-order valence-corrected chi connectivity index (χ0v) is 15.7. The van der Waals surface area contributed by atoms with Crippen LogP contribution in [0.4, 0.5) is 5.69 Å². The number of oxazole rings is 1. The van der Waals surface area contributed by atoms with Gasteiger partial charge in [0.1, 0.15) is 0 Å². The molecule has 2 aromatic rings. The van der Waals surface area contributed by atoms with Crippen LogP contribution in [0.1, 0.15) is 32.1 Å². The Hall–Kier alpha value is -2.39. The summed E-state index contributed by atoms with van der Waals surface area (Å²) in [5.41, 5.74) is 6.29. The van der Waals surface area contributed by atoms with E-state index in [0.29, 0.717) is 31.4 Å². The standard InChI is InChI=1S/C17H22N4O5.ClH/c18-11-13-4-1-2-8-19(13)16(22)5-3-9-20-14-7-6-12(21(24)25)10-15(14)26-17(20)23;/h6-7,10,13H,1-5,8-9,11,18H2;1H. The van der Waals surface area contributed by atoms with Gasteiger partial charge in [-0.3, -0.25) is 19.5 Å². The summed E-state index contributed by atoms with van der Waals surface area (Å²) in [6, 6.07) is 4.17. The number of hydrogen-bond acceptors (Lipinski definition) is 6. The number of aryl methyl sites for hydroxylation is 1. The lowest BCUT2D eigenvalue weighted by Crippen LogP contribution is -2.47. The molecule has 1 saturated heterocycles. The van der Waals surface area contributed by atoms with E-state index in [4.69, 9.17) is 10.2 Å². The number of nitrogens with zero attached hydrogens (tertiary/aromatic N) is 3. The summed E-state index contributed by atoms with van der Waals surface area (Å²) in [4.78, 5) is 36.6. The molecule has 2 N–H and O–H groups in total. The zero-order valence-electron chi connectivity index (χ0n) is 14.8. The largest absolute Gasteiger partial charge is 0.419 e. The van der Waals surface area contributed by atoms with Crippen LogP contribution in [-0.4, -0.2) is 39.4 Å². The summed E-state index contributed by atoms with van der Waals surface area (Å²) >= 11 is 0. The van der Waals surface area contributed by atoms with Gasteiger partial charge in [0.2, 0.25) is 5.91 Å². The van der Waals surface area contributed by atoms with Gasteiger partial charge in [-0.1, -0.05) is 0 Å². The number of piperidine rings is 1. The monoisotopic (exact) mass is 398 g/mol. The van der Waals surface area contributed by atoms with Gasteiger partial charge in [0.25, 0.3) is 5.69 Å². The highest BCUT2D eigenvalue weighted by molar-refractivity contribution is 5.85. The summed E-state index contributed by atoms with van der Waals surface area (Å²) < 4.78 is 6.49. The molecule has 9 nitrogen and oxygen atoms in total. The average molecular weight is 399 g/mol. The van der Waals surface area contributed by atoms with E-state index >= 15 is 0 Å². The number of nitrogens with two attached hydrogens (primary N) is 1. The maximum atomic E-state index is 12.4. The maximum Gasteiger partial charge on any atom is 0.419 e. The number of carbonyl (C=O) groups is 1. The Balaban J connectivity index is 0.00000261. The fraction of sp³-hybridized carbons (Fsp3) is 0.529. The van der Waals surface area contributed by atoms with Crippen molar-refractivity contribution in [3.8, 4) is 0 Å². The molecule has 1 atom stereocenters. The molecule has 2 heterocycles. The van der Waals surface area contributed by atoms with Crippen LogP contribution < -0.4 is 11.5 Å². The number of aromatic nitrogens is 1. The molecule has 0 saturated carbocycles. The second-order valence-electron chi connectivity index (χ2n) is 6.50. The number of nitro benzene ring substituents is 1. The van der Waals surface area contributed by atoms with Crippen LogP contribution in [0.15, 0.2) is 27.4 Å². The first kappa shape index (κ1) is 20.9. The third-order valence-electron chi connectivity index (χ3n) is 4.85. The van der Waals surface area contributed by atoms with E-state index < -0.39 is 10.7 Å². The second-order valence-corrected chi connectivity index (χ2v) is 6.50. The Morgan fingerprint density at radius 1 is 1.37 bits per heavy atom. The molecule has 148 valence electrons. The Kier molecular flexibility index (Phi) is 6.98. The van der Waals surface area contributed by atoms with Gasteiger partial charge in [-0.15, -0.1) is 12.4 Å². The molecule has 1 aliphatic heterocycles. The molecule has 1 fully saturated rings. The summed E-state index contributed by atoms with van der Waals surface area (Å²) in [6.07, 6.45) is 3.83. The molecule has 1 aromatic carbocycles. The molecular weight excluding hydrogens is 376 g/mol. The van der Waals surface area contributed by atoms with Gasteiger partial charge < -0.3 is 15.1 Å². The number of non-ortho nitro benzene ring substituents is 1. The Labute approximate surface area is 161 Å². The Morgan fingerprint density at radius 2 is 2.15 bits per heavy atom. The van der Waals surface area contributed by atoms with Crippen LogP contribution in [0.25, 0.3) is 11.1 Å². The van der Waals surface area contributed by atoms with Crippen molar-refractivity contribution >= 4 is 35.1 Å². The van der Waals surface area contributed by atoms with E-state index in [1.165, 1.54) is 22.8 Å². The molecule has 0 aliphatic carbocycles. The van der Waals surface area contributed by atoms with Crippen molar-refractivity contribution in [2.75, 3.05) is 13.1 Å². The van der Waals surface area contributed by atoms with Crippen LogP contribution in [0, 0.1) is 10.1 Å². The first-order chi connectivity index (χ1) is 12.5. The van der Waals surface area contributed by atoms with Crippen molar-refractivity contribution < 1.29 is 14.1 Å². The highest BCUT2D eigenvalue weighted by atomic mass is 35.5. The van der Waals surface area contributed by atoms with E-state index in [9.17, 15) is 19.7 Å². The van der Waals surface area contributed by atoms with Crippen molar-refractivity contribution in [1.29, 1.82) is 0 Å². The fourth-order valence-electron chi connectivity index (χ4n) is 3.49. The van der Waals surface area contributed by atoms with Gasteiger partial charge in [-0.2, -0.15) is 0 Å². The number of amides is 1. The fourth-order valence-corrected chi connectivity index (χ4v) is 3.49. The summed E-state index contributed by atoms with van der Waals surface area (Å²) in [6.45, 7) is 1.52. The number of rotatable bonds is 6. The van der Waals surface area contributed by atoms with Crippen molar-refractivity contribution in [1.82, 2.24) is 9.47 Å². The minimum absolute atomic E-state index is 0. The zero-order chi connectivity index (χ0) is 18.7. The molecule has 1 amide bonds. The van der Waals surface area contributed by atoms with Gasteiger partial charge in [0.15, 0.2) is 5.58 Å². The Bertz CT molecular complexity index is 878. The van der Waals surface area contributed by atoms with Crippen molar-refractivity contribution in [2.24, 2.45) is 5.73 Å². The Morgan fingerprint density at radius 3 is 2.85 bits per heavy atom. The molecule has 0 bridgehead atoms. The lowest BCUT2D eigenvalue weighted by atomic mass is 10.0. The number of halogens is 1. The summed E-state index contributed by atoms with van der Waals surface area (Å²) in [5.74, 6) is -0.526. The molecule has 1 unspecified atom stereocenters. The molecule has 1 aromatic heterocycles. The molecular formula is C17H23ClN4O5. The lowest BCUT2D eigenvalue weighted by Gasteiger charge is -2.35. The van der Waals surface area contributed by atoms with Crippen LogP contribution in [-0.2, 0) is 11.3 Å². The van der Waals surface area contributed by atoms with Gasteiger partial charge in [-0.25, -0.2) is 4.79 Å². The number of fused-ring (bicyclic) bond motifs is 1. The molecule has 0 radical (unpaired) electrons. The highest BCUT2D eigenvalue weighted by Gasteiger charge is 2.25. The second kappa shape index (κ2) is 9.01. The van der Waals surface area contributed by atoms with E-state index in [0.717, 1.165) is 25.8 Å². The first-order valence-corrected chi connectivity index (χ1v) is 8.78. The van der Waals surface area contributed by atoms with Gasteiger partial charge in [-0.05, 0) is 31.7 Å². The highest BCUT2D eigenvalue weighted by Crippen LogP contribution is 2.21. The van der Waals surface area contributed by atoms with Crippen LogP contribution >= 0.6 is 12.4 Å². The molecule has 27 heavy (non-hydrogen) atoms. The number of benzene rings is 1. The number of carbonyl (C=O) groups excluding carboxylic acids is 1. The number of hydrogen-bond donors (Lipinski definition) is 1. The summed E-state index contributed by atoms with van der Waals surface area (Å²) in [5, 5.41) is 10.8. The lowest BCUT2D eigenvalue weighted by molar-refractivity contribution is -0.384. The maximum absolute atomic E-state index is 12.4. The van der Waals surface area contributed by atoms with E-state index in [2.05, 4.69) is 0 Å². The molecule has 1 aliphatic rings. The predicted octanol–water partition coefficient (Wildman–Crippen LogP) is 2.04. The third kappa shape index (κ3) is 4.48. The first-order valence-electron chi connectivity index (χ1n) is 8.78. The molecule has 3 rings (SSSR count). The van der Waals surface area contributed by atoms with Crippen molar-refractivity contribution in [3.63, 3.8) is 0 Å². The van der Waals surface area contributed by atoms with Crippen molar-refractivity contribution in [3.05, 3.63) is 38.9 Å². The average Bonchev–Trinajstić information content (AvgIpc) is 2.96. The third-order valence-corrected chi connectivity index (χ3v) is 4.85. The van der Waals surface area contributed by atoms with Crippen LogP contribution in [0.5, 0.6) is 0 Å². The smallest absolute Gasteiger partial charge is 0.407 e. The summed E-state index contributed by atoms with van der Waals surface area (Å²) in [7, 11) is 0. The van der Waals surface area contributed by atoms with E-state index in [1.54, 1.807) is 0 Å². The minimum atomic E-state index is -0.578. The van der Waals surface area contributed by atoms with Gasteiger partial charge >= 0.3 is 5.76 Å². The van der Waals surface area contributed by atoms with Crippen LogP contribution in [0.3, 0.4) is 0 Å². The van der Waals surface area contributed by atoms with Gasteiger partial charge in [0, 0.05) is 38.2 Å². The van der Waals surface area contributed by atoms with Crippen molar-refractivity contribution in [2.45, 2.75) is 44.7 Å². The SMILES string of the molecule is Cl.NCC1CCCCN1C(=O)CCCn1c(=O)oc2cc([N+](=O)[O-])ccc21. The van der Waals surface area contributed by atoms with Crippen LogP contribution in [0.2, 0.25) is 0 Å². The normalized spacial score (nSPS) is 16.9. The topological polar surface area (TPSA) is 125 Å². The van der Waals surface area contributed by atoms with Gasteiger partial charge in [0.05, 0.1) is 16.5 Å².